The molecular weight excluding hydrogens is 224 g/mol. The van der Waals surface area contributed by atoms with Crippen molar-refractivity contribution in [3.63, 3.8) is 0 Å². The lowest BCUT2D eigenvalue weighted by Gasteiger charge is -2.05. The number of esters is 1. The normalized spacial score (nSPS) is 12.8. The van der Waals surface area contributed by atoms with Crippen LogP contribution in [-0.4, -0.2) is 24.5 Å². The number of rotatable bonds is 3. The molecule has 6 heteroatoms. The molecule has 17 heavy (non-hydrogen) atoms. The molecule has 1 aromatic carbocycles. The van der Waals surface area contributed by atoms with Gasteiger partial charge in [0.1, 0.15) is 5.69 Å². The Kier molecular flexibility index (Phi) is 2.95. The average Bonchev–Trinajstić information content (AvgIpc) is 2.75. The second-order valence-corrected chi connectivity index (χ2v) is 3.84. The van der Waals surface area contributed by atoms with E-state index in [-0.39, 0.29) is 12.1 Å². The van der Waals surface area contributed by atoms with Gasteiger partial charge >= 0.3 is 5.97 Å². The molecule has 0 unspecified atom stereocenters. The van der Waals surface area contributed by atoms with Crippen LogP contribution in [0.1, 0.15) is 11.1 Å². The molecule has 0 aliphatic carbocycles. The van der Waals surface area contributed by atoms with E-state index in [2.05, 4.69) is 10.1 Å². The van der Waals surface area contributed by atoms with Gasteiger partial charge < -0.3 is 10.1 Å². The molecule has 0 radical (unpaired) electrons. The maximum absolute atomic E-state index is 11.2. The van der Waals surface area contributed by atoms with Gasteiger partial charge in [0.05, 0.1) is 18.5 Å². The third-order valence-electron chi connectivity index (χ3n) is 2.73. The smallest absolute Gasteiger partial charge is 0.309 e. The minimum absolute atomic E-state index is 0.0268. The zero-order valence-electron chi connectivity index (χ0n) is 9.36. The first-order chi connectivity index (χ1) is 8.11. The number of benzene rings is 1. The van der Waals surface area contributed by atoms with Crippen molar-refractivity contribution in [2.45, 2.75) is 12.8 Å². The number of nitrogens with zero attached hydrogens (tertiary/aromatic N) is 1. The maximum Gasteiger partial charge on any atom is 0.309 e. The van der Waals surface area contributed by atoms with Crippen molar-refractivity contribution < 1.29 is 14.5 Å². The molecule has 6 nitrogen and oxygen atoms in total. The predicted molar refractivity (Wildman–Crippen MR) is 61.0 cm³/mol. The largest absolute Gasteiger partial charge is 0.469 e. The lowest BCUT2D eigenvalue weighted by atomic mass is 10.0. The van der Waals surface area contributed by atoms with E-state index in [4.69, 9.17) is 0 Å². The molecule has 0 saturated carbocycles. The minimum atomic E-state index is -0.433. The van der Waals surface area contributed by atoms with E-state index in [0.29, 0.717) is 17.8 Å². The van der Waals surface area contributed by atoms with Crippen molar-refractivity contribution in [1.29, 1.82) is 0 Å². The summed E-state index contributed by atoms with van der Waals surface area (Å²) in [5.74, 6) is -0.398. The maximum atomic E-state index is 11.2. The summed E-state index contributed by atoms with van der Waals surface area (Å²) in [7, 11) is 1.30. The Morgan fingerprint density at radius 2 is 2.35 bits per heavy atom. The highest BCUT2D eigenvalue weighted by atomic mass is 16.6. The predicted octanol–water partition coefficient (Wildman–Crippen LogP) is 1.28. The number of fused-ring (bicyclic) bond motifs is 1. The number of nitrogens with one attached hydrogen (secondary N) is 1. The fourth-order valence-corrected chi connectivity index (χ4v) is 1.96. The van der Waals surface area contributed by atoms with Crippen LogP contribution in [-0.2, 0) is 22.4 Å². The third-order valence-corrected chi connectivity index (χ3v) is 2.73. The SMILES string of the molecule is COC(=O)Cc1cc2c(c([N+](=O)[O-])c1)NCC2. The van der Waals surface area contributed by atoms with Crippen molar-refractivity contribution in [3.8, 4) is 0 Å². The summed E-state index contributed by atoms with van der Waals surface area (Å²) in [6.07, 6.45) is 0.801. The summed E-state index contributed by atoms with van der Waals surface area (Å²) in [5, 5.41) is 13.9. The summed E-state index contributed by atoms with van der Waals surface area (Å²) in [6.45, 7) is 0.692. The van der Waals surface area contributed by atoms with Crippen LogP contribution < -0.4 is 5.32 Å². The van der Waals surface area contributed by atoms with Gasteiger partial charge in [-0.15, -0.1) is 0 Å². The first kappa shape index (κ1) is 11.4. The fourth-order valence-electron chi connectivity index (χ4n) is 1.96. The fraction of sp³-hybridized carbons (Fsp3) is 0.364. The highest BCUT2D eigenvalue weighted by Crippen LogP contribution is 2.34. The van der Waals surface area contributed by atoms with E-state index >= 15 is 0 Å². The Labute approximate surface area is 97.7 Å². The number of carbonyl (C=O) groups excluding carboxylic acids is 1. The van der Waals surface area contributed by atoms with Crippen LogP contribution >= 0.6 is 0 Å². The second-order valence-electron chi connectivity index (χ2n) is 3.84. The van der Waals surface area contributed by atoms with E-state index in [1.807, 2.05) is 6.07 Å². The van der Waals surface area contributed by atoms with Crippen molar-refractivity contribution in [2.75, 3.05) is 19.0 Å². The van der Waals surface area contributed by atoms with E-state index in [9.17, 15) is 14.9 Å². The molecule has 1 aromatic rings. The van der Waals surface area contributed by atoms with Crippen LogP contribution in [0.15, 0.2) is 12.1 Å². The first-order valence-electron chi connectivity index (χ1n) is 5.22. The number of nitro benzene ring substituents is 1. The number of hydrogen-bond donors (Lipinski definition) is 1. The van der Waals surface area contributed by atoms with E-state index in [1.54, 1.807) is 0 Å². The van der Waals surface area contributed by atoms with Crippen molar-refractivity contribution in [3.05, 3.63) is 33.4 Å². The molecule has 0 atom stereocenters. The van der Waals surface area contributed by atoms with Gasteiger partial charge in [0.15, 0.2) is 0 Å². The number of nitro groups is 1. The van der Waals surface area contributed by atoms with Crippen LogP contribution in [0, 0.1) is 10.1 Å². The zero-order chi connectivity index (χ0) is 12.4. The summed E-state index contributed by atoms with van der Waals surface area (Å²) < 4.78 is 4.55. The van der Waals surface area contributed by atoms with Crippen LogP contribution in [0.2, 0.25) is 0 Å². The standard InChI is InChI=1S/C11H12N2O4/c1-17-10(14)6-7-4-8-2-3-12-11(8)9(5-7)13(15)16/h4-5,12H,2-3,6H2,1H3. The van der Waals surface area contributed by atoms with Gasteiger partial charge in [0.25, 0.3) is 5.69 Å². The molecule has 90 valence electrons. The molecule has 0 amide bonds. The minimum Gasteiger partial charge on any atom is -0.469 e. The van der Waals surface area contributed by atoms with Crippen molar-refractivity contribution in [1.82, 2.24) is 0 Å². The monoisotopic (exact) mass is 236 g/mol. The molecule has 1 aliphatic heterocycles. The Hall–Kier alpha value is -2.11. The highest BCUT2D eigenvalue weighted by Gasteiger charge is 2.23. The summed E-state index contributed by atoms with van der Waals surface area (Å²) in [4.78, 5) is 21.6. The number of ether oxygens (including phenoxy) is 1. The number of carbonyl (C=O) groups is 1. The van der Waals surface area contributed by atoms with Crippen molar-refractivity contribution >= 4 is 17.3 Å². The Morgan fingerprint density at radius 1 is 1.59 bits per heavy atom. The van der Waals surface area contributed by atoms with Crippen molar-refractivity contribution in [2.24, 2.45) is 0 Å². The Morgan fingerprint density at radius 3 is 3.00 bits per heavy atom. The van der Waals surface area contributed by atoms with E-state index in [0.717, 1.165) is 12.0 Å². The van der Waals surface area contributed by atoms with Gasteiger partial charge in [-0.25, -0.2) is 0 Å². The molecule has 1 heterocycles. The molecule has 0 bridgehead atoms. The molecule has 0 spiro atoms. The average molecular weight is 236 g/mol. The van der Waals surface area contributed by atoms with Gasteiger partial charge in [-0.05, 0) is 17.5 Å². The number of methoxy groups -OCH3 is 1. The van der Waals surface area contributed by atoms with Gasteiger partial charge in [-0.1, -0.05) is 6.07 Å². The summed E-state index contributed by atoms with van der Waals surface area (Å²) >= 11 is 0. The summed E-state index contributed by atoms with van der Waals surface area (Å²) in [6, 6.07) is 3.24. The van der Waals surface area contributed by atoms with Crippen LogP contribution in [0.3, 0.4) is 0 Å². The molecule has 0 fully saturated rings. The van der Waals surface area contributed by atoms with Gasteiger partial charge in [0, 0.05) is 12.6 Å². The van der Waals surface area contributed by atoms with Gasteiger partial charge in [-0.2, -0.15) is 0 Å². The molecule has 1 aliphatic rings. The Bertz CT molecular complexity index is 485. The highest BCUT2D eigenvalue weighted by molar-refractivity contribution is 5.76. The third kappa shape index (κ3) is 2.20. The van der Waals surface area contributed by atoms with Gasteiger partial charge in [-0.3, -0.25) is 14.9 Å². The van der Waals surface area contributed by atoms with Gasteiger partial charge in [0.2, 0.25) is 0 Å². The van der Waals surface area contributed by atoms with Crippen LogP contribution in [0.5, 0.6) is 0 Å². The van der Waals surface area contributed by atoms with Crippen LogP contribution in [0.25, 0.3) is 0 Å². The molecule has 2 rings (SSSR count). The van der Waals surface area contributed by atoms with Crippen LogP contribution in [0.4, 0.5) is 11.4 Å². The topological polar surface area (TPSA) is 81.5 Å². The van der Waals surface area contributed by atoms with E-state index in [1.165, 1.54) is 13.2 Å². The lowest BCUT2D eigenvalue weighted by Crippen LogP contribution is -2.05. The molecule has 1 N–H and O–H groups in total. The first-order valence-corrected chi connectivity index (χ1v) is 5.22. The molecule has 0 saturated heterocycles. The molecule has 0 aromatic heterocycles. The second kappa shape index (κ2) is 4.40. The lowest BCUT2D eigenvalue weighted by molar-refractivity contribution is -0.384. The number of hydrogen-bond acceptors (Lipinski definition) is 5. The quantitative estimate of drug-likeness (QED) is 0.485. The Balaban J connectivity index is 2.39. The van der Waals surface area contributed by atoms with E-state index < -0.39 is 10.9 Å². The molecular formula is C11H12N2O4. The summed E-state index contributed by atoms with van der Waals surface area (Å²) in [5.41, 5.74) is 2.10. The number of anilines is 1. The zero-order valence-corrected chi connectivity index (χ0v) is 9.36.